The van der Waals surface area contributed by atoms with E-state index in [1.807, 2.05) is 23.1 Å². The lowest BCUT2D eigenvalue weighted by molar-refractivity contribution is -0.121. The van der Waals surface area contributed by atoms with Crippen molar-refractivity contribution in [3.8, 4) is 5.75 Å². The molecule has 108 valence electrons. The first-order valence-corrected chi connectivity index (χ1v) is 7.26. The minimum absolute atomic E-state index is 0.0391. The van der Waals surface area contributed by atoms with Crippen LogP contribution in [0.25, 0.3) is 0 Å². The molecule has 2 aliphatic heterocycles. The number of hydrogen-bond acceptors (Lipinski definition) is 4. The van der Waals surface area contributed by atoms with E-state index in [0.717, 1.165) is 43.2 Å². The maximum Gasteiger partial charge on any atom is 0.265 e. The molecule has 0 radical (unpaired) electrons. The monoisotopic (exact) mass is 275 g/mol. The highest BCUT2D eigenvalue weighted by molar-refractivity contribution is 5.97. The normalized spacial score (nSPS) is 19.1. The van der Waals surface area contributed by atoms with E-state index in [1.165, 1.54) is 12.8 Å². The van der Waals surface area contributed by atoms with Gasteiger partial charge < -0.3 is 20.3 Å². The number of carbonyl (C=O) groups is 1. The predicted molar refractivity (Wildman–Crippen MR) is 77.9 cm³/mol. The highest BCUT2D eigenvalue weighted by Gasteiger charge is 2.26. The van der Waals surface area contributed by atoms with Crippen molar-refractivity contribution >= 4 is 11.6 Å². The Morgan fingerprint density at radius 3 is 2.75 bits per heavy atom. The zero-order chi connectivity index (χ0) is 13.9. The van der Waals surface area contributed by atoms with Crippen LogP contribution in [0.1, 0.15) is 18.4 Å². The number of ether oxygens (including phenoxy) is 1. The van der Waals surface area contributed by atoms with Crippen molar-refractivity contribution < 1.29 is 9.53 Å². The van der Waals surface area contributed by atoms with Gasteiger partial charge in [0.2, 0.25) is 0 Å². The second-order valence-electron chi connectivity index (χ2n) is 5.39. The molecule has 1 saturated heterocycles. The fourth-order valence-electron chi connectivity index (χ4n) is 2.87. The lowest BCUT2D eigenvalue weighted by Gasteiger charge is -2.31. The average molecular weight is 275 g/mol. The van der Waals surface area contributed by atoms with Crippen LogP contribution in [0.5, 0.6) is 5.75 Å². The molecule has 0 aromatic heterocycles. The highest BCUT2D eigenvalue weighted by Crippen LogP contribution is 2.32. The van der Waals surface area contributed by atoms with Crippen LogP contribution in [0.3, 0.4) is 0 Å². The Bertz CT molecular complexity index is 498. The molecule has 20 heavy (non-hydrogen) atoms. The van der Waals surface area contributed by atoms with Crippen LogP contribution in [0.4, 0.5) is 5.69 Å². The number of nitrogens with zero attached hydrogens (tertiary/aromatic N) is 2. The van der Waals surface area contributed by atoms with Crippen molar-refractivity contribution in [1.29, 1.82) is 0 Å². The van der Waals surface area contributed by atoms with Crippen LogP contribution >= 0.6 is 0 Å². The first kappa shape index (κ1) is 13.4. The number of anilines is 1. The molecule has 0 spiro atoms. The molecule has 1 aromatic rings. The largest absolute Gasteiger partial charge is 0.482 e. The summed E-state index contributed by atoms with van der Waals surface area (Å²) in [6, 6.07) is 5.84. The Morgan fingerprint density at radius 2 is 2.00 bits per heavy atom. The quantitative estimate of drug-likeness (QED) is 0.889. The molecule has 5 nitrogen and oxygen atoms in total. The summed E-state index contributed by atoms with van der Waals surface area (Å²) in [6.45, 7) is 4.58. The van der Waals surface area contributed by atoms with Crippen molar-refractivity contribution in [3.63, 3.8) is 0 Å². The lowest BCUT2D eigenvalue weighted by atomic mass is 10.1. The van der Waals surface area contributed by atoms with Crippen LogP contribution in [0, 0.1) is 0 Å². The van der Waals surface area contributed by atoms with E-state index in [1.54, 1.807) is 0 Å². The van der Waals surface area contributed by atoms with Crippen LogP contribution in [0.15, 0.2) is 18.2 Å². The van der Waals surface area contributed by atoms with Crippen molar-refractivity contribution in [3.05, 3.63) is 23.8 Å². The number of fused-ring (bicyclic) bond motifs is 1. The number of nitrogens with two attached hydrogens (primary N) is 1. The van der Waals surface area contributed by atoms with E-state index in [0.29, 0.717) is 6.54 Å². The summed E-state index contributed by atoms with van der Waals surface area (Å²) in [7, 11) is 0. The number of rotatable bonds is 4. The fourth-order valence-corrected chi connectivity index (χ4v) is 2.87. The molecule has 0 bridgehead atoms. The molecule has 3 rings (SSSR count). The van der Waals surface area contributed by atoms with Gasteiger partial charge in [-0.15, -0.1) is 0 Å². The molecule has 5 heteroatoms. The van der Waals surface area contributed by atoms with E-state index < -0.39 is 0 Å². The van der Waals surface area contributed by atoms with Crippen molar-refractivity contribution in [2.24, 2.45) is 5.73 Å². The summed E-state index contributed by atoms with van der Waals surface area (Å²) in [4.78, 5) is 16.3. The van der Waals surface area contributed by atoms with Gasteiger partial charge in [0.25, 0.3) is 5.91 Å². The Hall–Kier alpha value is -1.59. The van der Waals surface area contributed by atoms with Gasteiger partial charge in [-0.05, 0) is 43.6 Å². The standard InChI is InChI=1S/C15H21N3O2/c16-10-12-3-4-13-14(9-12)20-11-15(19)18(13)8-7-17-5-1-2-6-17/h3-4,9H,1-2,5-8,10-11,16H2. The van der Waals surface area contributed by atoms with Gasteiger partial charge >= 0.3 is 0 Å². The molecule has 2 N–H and O–H groups in total. The second-order valence-corrected chi connectivity index (χ2v) is 5.39. The number of likely N-dealkylation sites (tertiary alicyclic amines) is 1. The molecule has 1 amide bonds. The molecule has 0 atom stereocenters. The summed E-state index contributed by atoms with van der Waals surface area (Å²) < 4.78 is 5.52. The minimum atomic E-state index is 0.0391. The van der Waals surface area contributed by atoms with E-state index in [4.69, 9.17) is 10.5 Å². The molecule has 0 aliphatic carbocycles. The molecular weight excluding hydrogens is 254 g/mol. The lowest BCUT2D eigenvalue weighted by Crippen LogP contribution is -2.43. The van der Waals surface area contributed by atoms with Crippen LogP contribution in [-0.2, 0) is 11.3 Å². The first-order chi connectivity index (χ1) is 9.78. The summed E-state index contributed by atoms with van der Waals surface area (Å²) in [5.74, 6) is 0.811. The molecule has 0 unspecified atom stereocenters. The zero-order valence-electron chi connectivity index (χ0n) is 11.7. The number of benzene rings is 1. The summed E-state index contributed by atoms with van der Waals surface area (Å²) in [5, 5.41) is 0. The second kappa shape index (κ2) is 5.81. The van der Waals surface area contributed by atoms with Crippen molar-refractivity contribution in [1.82, 2.24) is 4.90 Å². The summed E-state index contributed by atoms with van der Waals surface area (Å²) in [5.41, 5.74) is 7.54. The summed E-state index contributed by atoms with van der Waals surface area (Å²) >= 11 is 0. The molecular formula is C15H21N3O2. The van der Waals surface area contributed by atoms with Crippen LogP contribution < -0.4 is 15.4 Å². The number of amides is 1. The predicted octanol–water partition coefficient (Wildman–Crippen LogP) is 0.966. The Morgan fingerprint density at radius 1 is 1.20 bits per heavy atom. The van der Waals surface area contributed by atoms with E-state index in [-0.39, 0.29) is 12.5 Å². The fraction of sp³-hybridized carbons (Fsp3) is 0.533. The van der Waals surface area contributed by atoms with Gasteiger partial charge in [0.05, 0.1) is 5.69 Å². The van der Waals surface area contributed by atoms with Gasteiger partial charge in [-0.3, -0.25) is 4.79 Å². The van der Waals surface area contributed by atoms with Crippen LogP contribution in [0.2, 0.25) is 0 Å². The van der Waals surface area contributed by atoms with Gasteiger partial charge in [0.15, 0.2) is 6.61 Å². The Kier molecular flexibility index (Phi) is 3.89. The topological polar surface area (TPSA) is 58.8 Å². The Balaban J connectivity index is 1.74. The maximum atomic E-state index is 12.1. The minimum Gasteiger partial charge on any atom is -0.482 e. The summed E-state index contributed by atoms with van der Waals surface area (Å²) in [6.07, 6.45) is 2.54. The SMILES string of the molecule is NCc1ccc2c(c1)OCC(=O)N2CCN1CCCC1. The van der Waals surface area contributed by atoms with Gasteiger partial charge in [0, 0.05) is 19.6 Å². The van der Waals surface area contributed by atoms with Gasteiger partial charge in [-0.25, -0.2) is 0 Å². The molecule has 2 aliphatic rings. The van der Waals surface area contributed by atoms with Gasteiger partial charge in [0.1, 0.15) is 5.75 Å². The third-order valence-electron chi connectivity index (χ3n) is 4.04. The van der Waals surface area contributed by atoms with E-state index in [9.17, 15) is 4.79 Å². The van der Waals surface area contributed by atoms with Gasteiger partial charge in [-0.1, -0.05) is 6.07 Å². The van der Waals surface area contributed by atoms with Gasteiger partial charge in [-0.2, -0.15) is 0 Å². The van der Waals surface area contributed by atoms with Crippen LogP contribution in [-0.4, -0.2) is 43.6 Å². The van der Waals surface area contributed by atoms with E-state index >= 15 is 0 Å². The van der Waals surface area contributed by atoms with E-state index in [2.05, 4.69) is 4.90 Å². The zero-order valence-corrected chi connectivity index (χ0v) is 11.7. The highest BCUT2D eigenvalue weighted by atomic mass is 16.5. The average Bonchev–Trinajstić information content (AvgIpc) is 2.99. The first-order valence-electron chi connectivity index (χ1n) is 7.26. The van der Waals surface area contributed by atoms with Crippen molar-refractivity contribution in [2.75, 3.05) is 37.7 Å². The number of carbonyl (C=O) groups excluding carboxylic acids is 1. The maximum absolute atomic E-state index is 12.1. The molecule has 0 saturated carbocycles. The molecule has 1 fully saturated rings. The third kappa shape index (κ3) is 2.64. The smallest absolute Gasteiger partial charge is 0.265 e. The third-order valence-corrected chi connectivity index (χ3v) is 4.04. The molecule has 2 heterocycles. The van der Waals surface area contributed by atoms with Crippen molar-refractivity contribution in [2.45, 2.75) is 19.4 Å². The number of hydrogen-bond donors (Lipinski definition) is 1. The Labute approximate surface area is 119 Å². The molecule has 1 aromatic carbocycles.